The minimum absolute atomic E-state index is 0.000799. The average Bonchev–Trinajstić information content (AvgIpc) is 3.37. The van der Waals surface area contributed by atoms with Gasteiger partial charge in [-0.15, -0.1) is 0 Å². The Morgan fingerprint density at radius 1 is 0.236 bits per heavy atom. The molecule has 0 spiro atoms. The van der Waals surface area contributed by atoms with E-state index in [9.17, 15) is 19.2 Å². The maximum atomic E-state index is 12.7. The fraction of sp³-hybridized carbons (Fsp3) is 0.938. The van der Waals surface area contributed by atoms with Crippen molar-refractivity contribution in [3.8, 4) is 0 Å². The third kappa shape index (κ3) is 54.2. The van der Waals surface area contributed by atoms with Crippen molar-refractivity contribution in [1.29, 1.82) is 0 Å². The predicted molar refractivity (Wildman–Crippen MR) is 304 cm³/mol. The summed E-state index contributed by atoms with van der Waals surface area (Å²) in [7, 11) is 0. The quantitative estimate of drug-likeness (QED) is 0.0337. The first-order chi connectivity index (χ1) is 35.4. The maximum absolute atomic E-state index is 12.7. The van der Waals surface area contributed by atoms with E-state index in [0.717, 1.165) is 173 Å². The molecule has 72 heavy (non-hydrogen) atoms. The van der Waals surface area contributed by atoms with Crippen LogP contribution in [0.4, 0.5) is 0 Å². The van der Waals surface area contributed by atoms with Crippen molar-refractivity contribution in [2.45, 2.75) is 374 Å². The SMILES string of the molecule is CCCCCCCCCC(=O)OC(CCCCCCCC)CCCCCCCCC(=O)OCCCCCCCCOC(=O)CCCCCCCC(CCCCCCCCC)OC(=O)CCCCCCCCC. The zero-order valence-corrected chi connectivity index (χ0v) is 48.6. The van der Waals surface area contributed by atoms with Crippen LogP contribution < -0.4 is 0 Å². The fourth-order valence-electron chi connectivity index (χ4n) is 9.90. The van der Waals surface area contributed by atoms with Crippen LogP contribution in [0.15, 0.2) is 0 Å². The first kappa shape index (κ1) is 69.9. The number of carbonyl (C=O) groups excluding carboxylic acids is 4. The van der Waals surface area contributed by atoms with Crippen LogP contribution in [0.2, 0.25) is 0 Å². The minimum Gasteiger partial charge on any atom is -0.466 e. The lowest BCUT2D eigenvalue weighted by atomic mass is 10.0. The van der Waals surface area contributed by atoms with Gasteiger partial charge in [0.25, 0.3) is 0 Å². The van der Waals surface area contributed by atoms with Crippen LogP contribution >= 0.6 is 0 Å². The summed E-state index contributed by atoms with van der Waals surface area (Å²) in [5.74, 6) is -0.142. The van der Waals surface area contributed by atoms with Crippen molar-refractivity contribution < 1.29 is 38.1 Å². The molecule has 2 atom stereocenters. The van der Waals surface area contributed by atoms with Crippen LogP contribution in [0.25, 0.3) is 0 Å². The number of hydrogen-bond acceptors (Lipinski definition) is 8. The van der Waals surface area contributed by atoms with Crippen LogP contribution in [0, 0.1) is 0 Å². The summed E-state index contributed by atoms with van der Waals surface area (Å²) < 4.78 is 23.1. The number of unbranched alkanes of at least 4 members (excludes halogenated alkanes) is 37. The van der Waals surface area contributed by atoms with Gasteiger partial charge in [0.15, 0.2) is 0 Å². The Balaban J connectivity index is 3.94. The van der Waals surface area contributed by atoms with Gasteiger partial charge in [-0.2, -0.15) is 0 Å². The molecule has 0 fully saturated rings. The Morgan fingerprint density at radius 3 is 0.681 bits per heavy atom. The third-order valence-electron chi connectivity index (χ3n) is 14.7. The summed E-state index contributed by atoms with van der Waals surface area (Å²) in [6.07, 6.45) is 57.5. The van der Waals surface area contributed by atoms with Crippen LogP contribution in [0.1, 0.15) is 362 Å². The summed E-state index contributed by atoms with van der Waals surface area (Å²) in [5, 5.41) is 0. The summed E-state index contributed by atoms with van der Waals surface area (Å²) in [6, 6.07) is 0. The second-order valence-electron chi connectivity index (χ2n) is 22.0. The Hall–Kier alpha value is -2.12. The van der Waals surface area contributed by atoms with Gasteiger partial charge in [0.1, 0.15) is 12.2 Å². The molecule has 0 N–H and O–H groups in total. The lowest BCUT2D eigenvalue weighted by Crippen LogP contribution is -2.18. The molecule has 0 saturated carbocycles. The Morgan fingerprint density at radius 2 is 0.431 bits per heavy atom. The van der Waals surface area contributed by atoms with E-state index in [1.54, 1.807) is 0 Å². The van der Waals surface area contributed by atoms with Gasteiger partial charge in [0, 0.05) is 25.7 Å². The molecule has 0 aromatic heterocycles. The molecule has 0 amide bonds. The molecule has 0 bridgehead atoms. The number of ether oxygens (including phenoxy) is 4. The summed E-state index contributed by atoms with van der Waals surface area (Å²) in [5.41, 5.74) is 0. The molecule has 2 unspecified atom stereocenters. The molecular formula is C64H122O8. The van der Waals surface area contributed by atoms with Gasteiger partial charge in [-0.05, 0) is 89.9 Å². The smallest absolute Gasteiger partial charge is 0.306 e. The van der Waals surface area contributed by atoms with Crippen molar-refractivity contribution in [1.82, 2.24) is 0 Å². The molecule has 426 valence electrons. The van der Waals surface area contributed by atoms with E-state index in [2.05, 4.69) is 27.7 Å². The standard InChI is InChI=1S/C64H122O8/c1-5-9-13-17-21-30-40-50-60(72-64(68)56-46-35-23-19-15-11-7-3)52-42-32-28-36-44-54-62(66)70-58-48-38-27-26-37-47-57-69-61(65)53-43-33-25-24-31-41-51-59(49-39-29-20-16-12-8-4)71-63(67)55-45-34-22-18-14-10-6-2/h59-60H,5-58H2,1-4H3. The molecule has 0 heterocycles. The Kier molecular flexibility index (Phi) is 56.4. The molecule has 0 aliphatic carbocycles. The van der Waals surface area contributed by atoms with E-state index in [0.29, 0.717) is 38.9 Å². The minimum atomic E-state index is -0.0771. The van der Waals surface area contributed by atoms with E-state index in [4.69, 9.17) is 18.9 Å². The van der Waals surface area contributed by atoms with Crippen molar-refractivity contribution in [2.75, 3.05) is 13.2 Å². The molecular weight excluding hydrogens is 897 g/mol. The van der Waals surface area contributed by atoms with Crippen molar-refractivity contribution in [3.05, 3.63) is 0 Å². The first-order valence-electron chi connectivity index (χ1n) is 32.1. The molecule has 0 radical (unpaired) electrons. The monoisotopic (exact) mass is 1020 g/mol. The fourth-order valence-corrected chi connectivity index (χ4v) is 9.90. The second-order valence-corrected chi connectivity index (χ2v) is 22.0. The first-order valence-corrected chi connectivity index (χ1v) is 32.1. The number of carbonyl (C=O) groups is 4. The molecule has 0 aromatic carbocycles. The third-order valence-corrected chi connectivity index (χ3v) is 14.7. The lowest BCUT2D eigenvalue weighted by Gasteiger charge is -2.18. The van der Waals surface area contributed by atoms with Gasteiger partial charge in [-0.3, -0.25) is 19.2 Å². The molecule has 0 aliphatic rings. The highest BCUT2D eigenvalue weighted by atomic mass is 16.6. The second kappa shape index (κ2) is 58.1. The molecule has 0 saturated heterocycles. The topological polar surface area (TPSA) is 105 Å². The maximum Gasteiger partial charge on any atom is 0.306 e. The Labute approximate surface area is 447 Å². The van der Waals surface area contributed by atoms with Crippen molar-refractivity contribution in [2.24, 2.45) is 0 Å². The highest BCUT2D eigenvalue weighted by molar-refractivity contribution is 5.70. The highest BCUT2D eigenvalue weighted by Crippen LogP contribution is 2.21. The van der Waals surface area contributed by atoms with Crippen LogP contribution in [-0.2, 0) is 38.1 Å². The summed E-state index contributed by atoms with van der Waals surface area (Å²) in [6.45, 7) is 10.0. The molecule has 0 aromatic rings. The van der Waals surface area contributed by atoms with Crippen molar-refractivity contribution >= 4 is 23.9 Å². The normalized spacial score (nSPS) is 12.2. The lowest BCUT2D eigenvalue weighted by molar-refractivity contribution is -0.151. The summed E-state index contributed by atoms with van der Waals surface area (Å²) in [4.78, 5) is 49.9. The van der Waals surface area contributed by atoms with Crippen LogP contribution in [-0.4, -0.2) is 49.3 Å². The van der Waals surface area contributed by atoms with Gasteiger partial charge in [-0.25, -0.2) is 0 Å². The zero-order valence-electron chi connectivity index (χ0n) is 48.6. The number of esters is 4. The Bertz CT molecular complexity index is 1160. The molecule has 0 aliphatic heterocycles. The van der Waals surface area contributed by atoms with Gasteiger partial charge in [0.2, 0.25) is 0 Å². The molecule has 8 heteroatoms. The molecule has 0 rings (SSSR count). The molecule has 8 nitrogen and oxygen atoms in total. The van der Waals surface area contributed by atoms with Crippen LogP contribution in [0.3, 0.4) is 0 Å². The van der Waals surface area contributed by atoms with E-state index < -0.39 is 0 Å². The highest BCUT2D eigenvalue weighted by Gasteiger charge is 2.16. The zero-order chi connectivity index (χ0) is 52.5. The van der Waals surface area contributed by atoms with Gasteiger partial charge in [0.05, 0.1) is 13.2 Å². The van der Waals surface area contributed by atoms with Crippen molar-refractivity contribution in [3.63, 3.8) is 0 Å². The largest absolute Gasteiger partial charge is 0.466 e. The van der Waals surface area contributed by atoms with Gasteiger partial charge < -0.3 is 18.9 Å². The van der Waals surface area contributed by atoms with Gasteiger partial charge in [-0.1, -0.05) is 246 Å². The predicted octanol–water partition coefficient (Wildman–Crippen LogP) is 20.3. The van der Waals surface area contributed by atoms with E-state index in [1.165, 1.54) is 135 Å². The van der Waals surface area contributed by atoms with E-state index >= 15 is 0 Å². The number of rotatable bonds is 59. The van der Waals surface area contributed by atoms with Crippen LogP contribution in [0.5, 0.6) is 0 Å². The average molecular weight is 1020 g/mol. The summed E-state index contributed by atoms with van der Waals surface area (Å²) >= 11 is 0. The van der Waals surface area contributed by atoms with Gasteiger partial charge >= 0.3 is 23.9 Å². The number of hydrogen-bond donors (Lipinski definition) is 0. The van der Waals surface area contributed by atoms with E-state index in [-0.39, 0.29) is 36.1 Å². The van der Waals surface area contributed by atoms with E-state index in [1.807, 2.05) is 0 Å².